The van der Waals surface area contributed by atoms with Crippen molar-refractivity contribution in [1.82, 2.24) is 15.6 Å². The van der Waals surface area contributed by atoms with Crippen LogP contribution < -0.4 is 10.6 Å². The molecule has 0 bridgehead atoms. The van der Waals surface area contributed by atoms with Gasteiger partial charge in [0.15, 0.2) is 9.84 Å². The molecule has 2 heterocycles. The molecule has 156 valence electrons. The summed E-state index contributed by atoms with van der Waals surface area (Å²) in [7, 11) is -3.73. The van der Waals surface area contributed by atoms with E-state index in [0.717, 1.165) is 16.8 Å². The summed E-state index contributed by atoms with van der Waals surface area (Å²) in [6.07, 6.45) is 3.08. The van der Waals surface area contributed by atoms with Crippen LogP contribution in [0.3, 0.4) is 0 Å². The molecule has 2 atom stereocenters. The number of nitrogens with one attached hydrogen (secondary N) is 2. The van der Waals surface area contributed by atoms with Crippen molar-refractivity contribution in [1.29, 1.82) is 5.26 Å². The SMILES string of the molecule is Cc1ncccc1-c1ccc(S(=O)(=O)C2CNC(C(=O)NC3(C#N)CC3)C2)c(Cl)c1. The normalized spacial score (nSPS) is 22.3. The molecule has 1 amide bonds. The zero-order valence-electron chi connectivity index (χ0n) is 16.4. The average molecular weight is 445 g/mol. The standard InChI is InChI=1S/C21H21ClN4O3S/c1-13-16(3-2-8-24-13)14-4-5-19(17(22)9-14)30(28,29)15-10-18(25-11-15)20(27)26-21(12-23)6-7-21/h2-5,8-9,15,18,25H,6-7,10-11H2,1H3,(H,26,27). The van der Waals surface area contributed by atoms with E-state index in [4.69, 9.17) is 16.9 Å². The molecule has 0 spiro atoms. The van der Waals surface area contributed by atoms with Crippen molar-refractivity contribution in [2.24, 2.45) is 0 Å². The van der Waals surface area contributed by atoms with Crippen LogP contribution in [0.5, 0.6) is 0 Å². The first kappa shape index (κ1) is 20.8. The van der Waals surface area contributed by atoms with Gasteiger partial charge >= 0.3 is 0 Å². The fourth-order valence-corrected chi connectivity index (χ4v) is 5.93. The summed E-state index contributed by atoms with van der Waals surface area (Å²) in [5.74, 6) is -0.333. The number of sulfone groups is 1. The molecular weight excluding hydrogens is 424 g/mol. The summed E-state index contributed by atoms with van der Waals surface area (Å²) < 4.78 is 26.3. The molecule has 2 fully saturated rings. The molecular formula is C21H21ClN4O3S. The number of halogens is 1. The highest BCUT2D eigenvalue weighted by molar-refractivity contribution is 7.92. The third kappa shape index (κ3) is 3.81. The molecule has 1 aliphatic carbocycles. The molecule has 2 aliphatic rings. The van der Waals surface area contributed by atoms with E-state index in [0.29, 0.717) is 12.8 Å². The zero-order chi connectivity index (χ0) is 21.5. The number of carbonyl (C=O) groups is 1. The third-order valence-corrected chi connectivity index (χ3v) is 8.36. The summed E-state index contributed by atoms with van der Waals surface area (Å²) in [6, 6.07) is 10.0. The molecule has 4 rings (SSSR count). The number of benzene rings is 1. The molecule has 1 aromatic heterocycles. The van der Waals surface area contributed by atoms with Crippen LogP contribution in [-0.4, -0.2) is 42.7 Å². The van der Waals surface area contributed by atoms with Gasteiger partial charge in [0.05, 0.1) is 27.3 Å². The van der Waals surface area contributed by atoms with Crippen molar-refractivity contribution in [3.63, 3.8) is 0 Å². The van der Waals surface area contributed by atoms with Crippen LogP contribution in [0.4, 0.5) is 0 Å². The predicted molar refractivity (Wildman–Crippen MR) is 113 cm³/mol. The van der Waals surface area contributed by atoms with Gasteiger partial charge in [-0.3, -0.25) is 9.78 Å². The second kappa shape index (κ2) is 7.65. The maximum absolute atomic E-state index is 13.2. The first-order valence-corrected chi connectivity index (χ1v) is 11.6. The maximum atomic E-state index is 13.2. The number of aromatic nitrogens is 1. The number of amides is 1. The molecule has 7 nitrogen and oxygen atoms in total. The third-order valence-electron chi connectivity index (χ3n) is 5.73. The van der Waals surface area contributed by atoms with Gasteiger partial charge in [-0.2, -0.15) is 5.26 Å². The topological polar surface area (TPSA) is 112 Å². The smallest absolute Gasteiger partial charge is 0.238 e. The quantitative estimate of drug-likeness (QED) is 0.732. The van der Waals surface area contributed by atoms with Crippen molar-refractivity contribution in [3.8, 4) is 17.2 Å². The number of aryl methyl sites for hydroxylation is 1. The zero-order valence-corrected chi connectivity index (χ0v) is 17.9. The lowest BCUT2D eigenvalue weighted by molar-refractivity contribution is -0.123. The van der Waals surface area contributed by atoms with Crippen LogP contribution in [0, 0.1) is 18.3 Å². The highest BCUT2D eigenvalue weighted by Crippen LogP contribution is 2.35. The van der Waals surface area contributed by atoms with Gasteiger partial charge < -0.3 is 10.6 Å². The van der Waals surface area contributed by atoms with Crippen molar-refractivity contribution >= 4 is 27.3 Å². The lowest BCUT2D eigenvalue weighted by Crippen LogP contribution is -2.45. The van der Waals surface area contributed by atoms with Gasteiger partial charge in [-0.25, -0.2) is 8.42 Å². The Kier molecular flexibility index (Phi) is 5.30. The van der Waals surface area contributed by atoms with Crippen LogP contribution >= 0.6 is 11.6 Å². The van der Waals surface area contributed by atoms with E-state index < -0.39 is 26.7 Å². The van der Waals surface area contributed by atoms with E-state index in [1.165, 1.54) is 6.07 Å². The van der Waals surface area contributed by atoms with Crippen LogP contribution in [0.25, 0.3) is 11.1 Å². The average Bonchev–Trinajstić information content (AvgIpc) is 3.30. The van der Waals surface area contributed by atoms with Crippen molar-refractivity contribution in [2.45, 2.75) is 47.9 Å². The van der Waals surface area contributed by atoms with E-state index in [1.54, 1.807) is 18.3 Å². The van der Waals surface area contributed by atoms with Gasteiger partial charge in [0.25, 0.3) is 0 Å². The minimum absolute atomic E-state index is 0.0537. The van der Waals surface area contributed by atoms with Gasteiger partial charge in [0.2, 0.25) is 5.91 Å². The molecule has 2 aromatic rings. The Bertz CT molecular complexity index is 1160. The Hall–Kier alpha value is -2.47. The number of carbonyl (C=O) groups excluding carboxylic acids is 1. The van der Waals surface area contributed by atoms with Crippen LogP contribution in [0.15, 0.2) is 41.4 Å². The molecule has 1 saturated carbocycles. The van der Waals surface area contributed by atoms with Crippen molar-refractivity contribution < 1.29 is 13.2 Å². The van der Waals surface area contributed by atoms with Gasteiger partial charge in [-0.1, -0.05) is 23.7 Å². The number of pyridine rings is 1. The molecule has 30 heavy (non-hydrogen) atoms. The summed E-state index contributed by atoms with van der Waals surface area (Å²) in [6.45, 7) is 2.03. The first-order valence-electron chi connectivity index (χ1n) is 9.68. The lowest BCUT2D eigenvalue weighted by Gasteiger charge is -2.15. The first-order chi connectivity index (χ1) is 14.3. The fraction of sp³-hybridized carbons (Fsp3) is 0.381. The Morgan fingerprint density at radius 3 is 2.77 bits per heavy atom. The number of rotatable bonds is 5. The van der Waals surface area contributed by atoms with Crippen molar-refractivity contribution in [3.05, 3.63) is 47.2 Å². The van der Waals surface area contributed by atoms with Gasteiger partial charge in [0.1, 0.15) is 5.54 Å². The molecule has 2 N–H and O–H groups in total. The predicted octanol–water partition coefficient (Wildman–Crippen LogP) is 2.39. The van der Waals surface area contributed by atoms with E-state index in [1.807, 2.05) is 19.1 Å². The number of hydrogen-bond acceptors (Lipinski definition) is 6. The van der Waals surface area contributed by atoms with E-state index in [-0.39, 0.29) is 28.8 Å². The highest BCUT2D eigenvalue weighted by Gasteiger charge is 2.47. The highest BCUT2D eigenvalue weighted by atomic mass is 35.5. The summed E-state index contributed by atoms with van der Waals surface area (Å²) >= 11 is 6.37. The minimum Gasteiger partial charge on any atom is -0.336 e. The second-order valence-electron chi connectivity index (χ2n) is 7.83. The fourth-order valence-electron chi connectivity index (χ4n) is 3.72. The van der Waals surface area contributed by atoms with Gasteiger partial charge in [-0.15, -0.1) is 0 Å². The van der Waals surface area contributed by atoms with Crippen LogP contribution in [0.2, 0.25) is 5.02 Å². The molecule has 0 radical (unpaired) electrons. The number of nitrogens with zero attached hydrogens (tertiary/aromatic N) is 2. The summed E-state index contributed by atoms with van der Waals surface area (Å²) in [4.78, 5) is 16.7. The Morgan fingerprint density at radius 1 is 1.37 bits per heavy atom. The van der Waals surface area contributed by atoms with E-state index >= 15 is 0 Å². The number of nitriles is 1. The largest absolute Gasteiger partial charge is 0.336 e. The lowest BCUT2D eigenvalue weighted by atomic mass is 10.1. The Labute approximate surface area is 180 Å². The maximum Gasteiger partial charge on any atom is 0.238 e. The van der Waals surface area contributed by atoms with Crippen LogP contribution in [0.1, 0.15) is 25.0 Å². The van der Waals surface area contributed by atoms with E-state index in [2.05, 4.69) is 21.7 Å². The molecule has 2 unspecified atom stereocenters. The molecule has 1 aromatic carbocycles. The summed E-state index contributed by atoms with van der Waals surface area (Å²) in [5.41, 5.74) is 1.72. The van der Waals surface area contributed by atoms with E-state index in [9.17, 15) is 13.2 Å². The van der Waals surface area contributed by atoms with Gasteiger partial charge in [-0.05, 0) is 49.9 Å². The minimum atomic E-state index is -3.73. The Morgan fingerprint density at radius 2 is 2.13 bits per heavy atom. The summed E-state index contributed by atoms with van der Waals surface area (Å²) in [5, 5.41) is 14.2. The monoisotopic (exact) mass is 444 g/mol. The number of hydrogen-bond donors (Lipinski definition) is 2. The van der Waals surface area contributed by atoms with Crippen molar-refractivity contribution in [2.75, 3.05) is 6.54 Å². The molecule has 1 saturated heterocycles. The van der Waals surface area contributed by atoms with Gasteiger partial charge in [0, 0.05) is 24.0 Å². The second-order valence-corrected chi connectivity index (χ2v) is 10.4. The molecule has 1 aliphatic heterocycles. The Balaban J connectivity index is 1.52. The molecule has 9 heteroatoms. The van der Waals surface area contributed by atoms with Crippen LogP contribution in [-0.2, 0) is 14.6 Å².